The molecule has 0 aromatic heterocycles. The Morgan fingerprint density at radius 1 is 1.14 bits per heavy atom. The van der Waals surface area contributed by atoms with Crippen LogP contribution < -0.4 is 10.1 Å². The zero-order chi connectivity index (χ0) is 15.1. The monoisotopic (exact) mass is 285 g/mol. The third-order valence-electron chi connectivity index (χ3n) is 3.01. The summed E-state index contributed by atoms with van der Waals surface area (Å²) in [5, 5.41) is 3.28. The third-order valence-corrected chi connectivity index (χ3v) is 3.01. The molecule has 2 rings (SSSR count). The van der Waals surface area contributed by atoms with Gasteiger partial charge in [0.05, 0.1) is 19.3 Å². The summed E-state index contributed by atoms with van der Waals surface area (Å²) in [6, 6.07) is 15.2. The number of anilines is 1. The summed E-state index contributed by atoms with van der Waals surface area (Å²) in [6.45, 7) is 3.30. The maximum Gasteiger partial charge on any atom is 0.337 e. The van der Waals surface area contributed by atoms with E-state index in [0.29, 0.717) is 18.7 Å². The fourth-order valence-electron chi connectivity index (χ4n) is 1.95. The van der Waals surface area contributed by atoms with Crippen molar-refractivity contribution >= 4 is 11.7 Å². The summed E-state index contributed by atoms with van der Waals surface area (Å²) in [5.74, 6) is 0.536. The van der Waals surface area contributed by atoms with Gasteiger partial charge in [-0.15, -0.1) is 0 Å². The van der Waals surface area contributed by atoms with E-state index in [1.165, 1.54) is 7.11 Å². The smallest absolute Gasteiger partial charge is 0.337 e. The van der Waals surface area contributed by atoms with Gasteiger partial charge in [0.2, 0.25) is 0 Å². The number of hydrogen-bond acceptors (Lipinski definition) is 4. The predicted molar refractivity (Wildman–Crippen MR) is 82.7 cm³/mol. The van der Waals surface area contributed by atoms with Crippen LogP contribution in [0.4, 0.5) is 5.69 Å². The van der Waals surface area contributed by atoms with Crippen molar-refractivity contribution in [2.24, 2.45) is 0 Å². The highest BCUT2D eigenvalue weighted by atomic mass is 16.5. The fourth-order valence-corrected chi connectivity index (χ4v) is 1.95. The Bertz CT molecular complexity index is 593. The molecule has 0 unspecified atom stereocenters. The molecule has 110 valence electrons. The molecule has 4 nitrogen and oxygen atoms in total. The minimum absolute atomic E-state index is 0.334. The second-order valence-corrected chi connectivity index (χ2v) is 4.50. The predicted octanol–water partition coefficient (Wildman–Crippen LogP) is 3.48. The number of nitrogens with one attached hydrogen (secondary N) is 1. The molecule has 0 aliphatic carbocycles. The largest absolute Gasteiger partial charge is 0.494 e. The van der Waals surface area contributed by atoms with E-state index in [-0.39, 0.29) is 5.97 Å². The van der Waals surface area contributed by atoms with Crippen molar-refractivity contribution in [3.8, 4) is 5.75 Å². The first-order chi connectivity index (χ1) is 10.2. The van der Waals surface area contributed by atoms with E-state index in [1.54, 1.807) is 12.1 Å². The van der Waals surface area contributed by atoms with Crippen LogP contribution in [0.2, 0.25) is 0 Å². The lowest BCUT2D eigenvalue weighted by Crippen LogP contribution is -2.04. The molecule has 1 N–H and O–H groups in total. The molecular formula is C17H19NO3. The Balaban J connectivity index is 1.97. The van der Waals surface area contributed by atoms with Crippen molar-refractivity contribution in [1.29, 1.82) is 0 Å². The Labute approximate surface area is 124 Å². The number of esters is 1. The minimum atomic E-state index is -0.334. The highest BCUT2D eigenvalue weighted by molar-refractivity contribution is 5.90. The summed E-state index contributed by atoms with van der Waals surface area (Å²) in [4.78, 5) is 11.5. The lowest BCUT2D eigenvalue weighted by atomic mass is 10.2. The molecule has 4 heteroatoms. The van der Waals surface area contributed by atoms with Crippen LogP contribution in [0, 0.1) is 0 Å². The van der Waals surface area contributed by atoms with E-state index in [4.69, 9.17) is 9.47 Å². The fraction of sp³-hybridized carbons (Fsp3) is 0.235. The van der Waals surface area contributed by atoms with Gasteiger partial charge in [-0.25, -0.2) is 4.79 Å². The van der Waals surface area contributed by atoms with Crippen molar-refractivity contribution in [3.63, 3.8) is 0 Å². The molecule has 0 amide bonds. The van der Waals surface area contributed by atoms with Crippen LogP contribution >= 0.6 is 0 Å². The van der Waals surface area contributed by atoms with E-state index < -0.39 is 0 Å². The number of carbonyl (C=O) groups is 1. The maximum atomic E-state index is 11.5. The Morgan fingerprint density at radius 3 is 2.57 bits per heavy atom. The van der Waals surface area contributed by atoms with Gasteiger partial charge in [-0.05, 0) is 42.8 Å². The highest BCUT2D eigenvalue weighted by Gasteiger charge is 2.05. The Hall–Kier alpha value is -2.49. The van der Waals surface area contributed by atoms with E-state index >= 15 is 0 Å². The van der Waals surface area contributed by atoms with Gasteiger partial charge in [0.25, 0.3) is 0 Å². The first-order valence-electron chi connectivity index (χ1n) is 6.87. The molecule has 0 saturated carbocycles. The van der Waals surface area contributed by atoms with Crippen LogP contribution in [0.15, 0.2) is 48.5 Å². The number of benzene rings is 2. The topological polar surface area (TPSA) is 47.6 Å². The molecule has 0 heterocycles. The second kappa shape index (κ2) is 7.33. The van der Waals surface area contributed by atoms with E-state index in [2.05, 4.69) is 5.32 Å². The van der Waals surface area contributed by atoms with Crippen molar-refractivity contribution < 1.29 is 14.3 Å². The molecule has 2 aromatic carbocycles. The number of carbonyl (C=O) groups excluding carboxylic acids is 1. The maximum absolute atomic E-state index is 11.5. The molecule has 0 spiro atoms. The molecule has 0 saturated heterocycles. The van der Waals surface area contributed by atoms with Crippen LogP contribution in [0.25, 0.3) is 0 Å². The van der Waals surface area contributed by atoms with Crippen molar-refractivity contribution in [3.05, 3.63) is 59.7 Å². The van der Waals surface area contributed by atoms with Crippen LogP contribution in [0.3, 0.4) is 0 Å². The zero-order valence-corrected chi connectivity index (χ0v) is 12.3. The first kappa shape index (κ1) is 14.9. The van der Waals surface area contributed by atoms with Gasteiger partial charge in [-0.1, -0.05) is 18.2 Å². The van der Waals surface area contributed by atoms with Gasteiger partial charge in [0.15, 0.2) is 0 Å². The lowest BCUT2D eigenvalue weighted by Gasteiger charge is -2.09. The first-order valence-corrected chi connectivity index (χ1v) is 6.87. The zero-order valence-electron chi connectivity index (χ0n) is 12.3. The second-order valence-electron chi connectivity index (χ2n) is 4.50. The number of hydrogen-bond donors (Lipinski definition) is 1. The summed E-state index contributed by atoms with van der Waals surface area (Å²) in [6.07, 6.45) is 0. The van der Waals surface area contributed by atoms with Crippen molar-refractivity contribution in [2.75, 3.05) is 19.0 Å². The Kier molecular flexibility index (Phi) is 5.21. The third kappa shape index (κ3) is 4.24. The molecule has 0 fully saturated rings. The van der Waals surface area contributed by atoms with Gasteiger partial charge in [-0.3, -0.25) is 0 Å². The molecule has 21 heavy (non-hydrogen) atoms. The van der Waals surface area contributed by atoms with Gasteiger partial charge >= 0.3 is 5.97 Å². The standard InChI is InChI=1S/C17H19NO3/c1-3-21-16-9-7-13(8-10-16)12-18-15-6-4-5-14(11-15)17(19)20-2/h4-11,18H,3,12H2,1-2H3. The van der Waals surface area contributed by atoms with Gasteiger partial charge in [-0.2, -0.15) is 0 Å². The molecule has 0 radical (unpaired) electrons. The number of rotatable bonds is 6. The van der Waals surface area contributed by atoms with Gasteiger partial charge in [0.1, 0.15) is 5.75 Å². The van der Waals surface area contributed by atoms with Crippen molar-refractivity contribution in [1.82, 2.24) is 0 Å². The van der Waals surface area contributed by atoms with Crippen LogP contribution in [0.1, 0.15) is 22.8 Å². The van der Waals surface area contributed by atoms with Crippen LogP contribution in [0.5, 0.6) is 5.75 Å². The average Bonchev–Trinajstić information content (AvgIpc) is 2.54. The van der Waals surface area contributed by atoms with E-state index in [0.717, 1.165) is 17.0 Å². The van der Waals surface area contributed by atoms with Gasteiger partial charge in [0, 0.05) is 12.2 Å². The molecule has 0 aliphatic rings. The van der Waals surface area contributed by atoms with E-state index in [1.807, 2.05) is 43.3 Å². The highest BCUT2D eigenvalue weighted by Crippen LogP contribution is 2.15. The molecular weight excluding hydrogens is 266 g/mol. The molecule has 0 bridgehead atoms. The Morgan fingerprint density at radius 2 is 1.90 bits per heavy atom. The summed E-state index contributed by atoms with van der Waals surface area (Å²) in [5.41, 5.74) is 2.56. The lowest BCUT2D eigenvalue weighted by molar-refractivity contribution is 0.0601. The van der Waals surface area contributed by atoms with E-state index in [9.17, 15) is 4.79 Å². The number of methoxy groups -OCH3 is 1. The quantitative estimate of drug-likeness (QED) is 0.825. The van der Waals surface area contributed by atoms with Crippen molar-refractivity contribution in [2.45, 2.75) is 13.5 Å². The molecule has 2 aromatic rings. The van der Waals surface area contributed by atoms with Crippen LogP contribution in [-0.4, -0.2) is 19.7 Å². The average molecular weight is 285 g/mol. The minimum Gasteiger partial charge on any atom is -0.494 e. The van der Waals surface area contributed by atoms with Crippen LogP contribution in [-0.2, 0) is 11.3 Å². The summed E-state index contributed by atoms with van der Waals surface area (Å²) < 4.78 is 10.1. The molecule has 0 atom stereocenters. The summed E-state index contributed by atoms with van der Waals surface area (Å²) >= 11 is 0. The normalized spacial score (nSPS) is 10.0. The number of ether oxygens (including phenoxy) is 2. The molecule has 0 aliphatic heterocycles. The van der Waals surface area contributed by atoms with Gasteiger partial charge < -0.3 is 14.8 Å². The SMILES string of the molecule is CCOc1ccc(CNc2cccc(C(=O)OC)c2)cc1. The summed E-state index contributed by atoms with van der Waals surface area (Å²) in [7, 11) is 1.38.